The van der Waals surface area contributed by atoms with Gasteiger partial charge in [-0.1, -0.05) is 7.43 Å². The number of amides is 3. The van der Waals surface area contributed by atoms with Gasteiger partial charge in [-0.05, 0) is 139 Å². The van der Waals surface area contributed by atoms with Crippen LogP contribution in [0.3, 0.4) is 0 Å². The average molecular weight is 975 g/mol. The number of ether oxygens (including phenoxy) is 2. The summed E-state index contributed by atoms with van der Waals surface area (Å²) < 4.78 is 40.4. The lowest BCUT2D eigenvalue weighted by Gasteiger charge is -2.26. The summed E-state index contributed by atoms with van der Waals surface area (Å²) in [6, 6.07) is 23.5. The maximum atomic E-state index is 13.4. The molecule has 2 aliphatic heterocycles. The van der Waals surface area contributed by atoms with Crippen molar-refractivity contribution in [3.63, 3.8) is 0 Å². The minimum atomic E-state index is -1.34. The molecule has 69 heavy (non-hydrogen) atoms. The van der Waals surface area contributed by atoms with Crippen molar-refractivity contribution >= 4 is 67.1 Å². The minimum Gasteiger partial charge on any atom is -0.480 e. The normalized spacial score (nSPS) is 17.7. The van der Waals surface area contributed by atoms with Crippen molar-refractivity contribution in [2.45, 2.75) is 84.1 Å². The summed E-state index contributed by atoms with van der Waals surface area (Å²) in [4.78, 5) is 50.7. The second-order valence-electron chi connectivity index (χ2n) is 18.8. The van der Waals surface area contributed by atoms with Crippen LogP contribution in [0.1, 0.15) is 61.8 Å². The summed E-state index contributed by atoms with van der Waals surface area (Å²) in [5.74, 6) is -2.03. The standard InChI is InChI=1S/C24H28FN5O3.C14H12FN3.C10H18N2O4.CH4.H3P/c1-23(2,3)33-22(32)30-12-11-24(26,14-30)21(31)27-17-9-10-19-18(13-17)20(28-29(19)4)15-5-7-16(25)8-6-15;1-18-13-7-6-11(16)8-12(13)14(17-18)9-2-4-10(15)5-3-9;1-9(2,3)16-8(15)12-5-4-10(11,6-12)7(13)14;;/h5-10,13H,11-12,14,26H2,1-4H3,(H,27,31);2-8H,16H2,1H3;4-6,11H2,1-3H3,(H,13,14);1H4;1H3. The number of hydrogen-bond donors (Lipinski definition) is 5. The number of aliphatic carboxylic acids is 1. The Morgan fingerprint density at radius 3 is 1.49 bits per heavy atom. The maximum Gasteiger partial charge on any atom is 0.410 e. The Bertz CT molecular complexity index is 2810. The van der Waals surface area contributed by atoms with Crippen LogP contribution in [0.4, 0.5) is 29.7 Å². The van der Waals surface area contributed by atoms with Crippen molar-refractivity contribution in [2.75, 3.05) is 37.2 Å². The third-order valence-electron chi connectivity index (χ3n) is 11.0. The van der Waals surface area contributed by atoms with E-state index in [1.165, 1.54) is 34.1 Å². The molecule has 8 rings (SSSR count). The molecule has 2 aromatic heterocycles. The van der Waals surface area contributed by atoms with Crippen LogP contribution in [0.5, 0.6) is 0 Å². The van der Waals surface area contributed by atoms with Gasteiger partial charge < -0.3 is 46.9 Å². The summed E-state index contributed by atoms with van der Waals surface area (Å²) in [5.41, 5.74) is 20.3. The van der Waals surface area contributed by atoms with Gasteiger partial charge in [0.1, 0.15) is 45.3 Å². The number of nitrogen functional groups attached to an aromatic ring is 1. The number of carbonyl (C=O) groups is 4. The van der Waals surface area contributed by atoms with E-state index in [9.17, 15) is 28.0 Å². The Morgan fingerprint density at radius 2 is 1.07 bits per heavy atom. The van der Waals surface area contributed by atoms with Gasteiger partial charge in [-0.15, -0.1) is 0 Å². The molecule has 20 heteroatoms. The van der Waals surface area contributed by atoms with E-state index in [2.05, 4.69) is 15.5 Å². The van der Waals surface area contributed by atoms with Crippen LogP contribution in [0.15, 0.2) is 84.9 Å². The number of nitrogens with zero attached hydrogens (tertiary/aromatic N) is 6. The average Bonchev–Trinajstić information content (AvgIpc) is 4.02. The first-order chi connectivity index (χ1) is 31.2. The van der Waals surface area contributed by atoms with E-state index in [4.69, 9.17) is 31.8 Å². The first-order valence-corrected chi connectivity index (χ1v) is 21.5. The third-order valence-corrected chi connectivity index (χ3v) is 11.0. The third kappa shape index (κ3) is 13.3. The Kier molecular flexibility index (Phi) is 17.0. The first-order valence-electron chi connectivity index (χ1n) is 21.5. The quantitative estimate of drug-likeness (QED) is 0.0824. The molecule has 0 bridgehead atoms. The van der Waals surface area contributed by atoms with Gasteiger partial charge in [0.05, 0.1) is 24.1 Å². The van der Waals surface area contributed by atoms with E-state index in [1.807, 2.05) is 44.4 Å². The number of carbonyl (C=O) groups excluding carboxylic acids is 3. The zero-order chi connectivity index (χ0) is 49.2. The van der Waals surface area contributed by atoms with E-state index >= 15 is 0 Å². The zero-order valence-corrected chi connectivity index (χ0v) is 41.0. The minimum absolute atomic E-state index is 0. The van der Waals surface area contributed by atoms with Crippen molar-refractivity contribution in [1.82, 2.24) is 29.4 Å². The first kappa shape index (κ1) is 54.9. The van der Waals surface area contributed by atoms with Crippen LogP contribution in [0, 0.1) is 11.6 Å². The van der Waals surface area contributed by atoms with Gasteiger partial charge in [-0.3, -0.25) is 19.0 Å². The fraction of sp³-hybridized carbons (Fsp3) is 0.388. The number of carboxylic acid groups (broad SMARTS) is 1. The number of aromatic nitrogens is 4. The van der Waals surface area contributed by atoms with Gasteiger partial charge in [0.2, 0.25) is 5.91 Å². The number of hydrogen-bond acceptors (Lipinski definition) is 11. The number of fused-ring (bicyclic) bond motifs is 2. The summed E-state index contributed by atoms with van der Waals surface area (Å²) >= 11 is 0. The van der Waals surface area contributed by atoms with Crippen molar-refractivity contribution in [3.8, 4) is 22.5 Å². The predicted octanol–water partition coefficient (Wildman–Crippen LogP) is 7.72. The highest BCUT2D eigenvalue weighted by Crippen LogP contribution is 2.32. The highest BCUT2D eigenvalue weighted by molar-refractivity contribution is 6.92. The molecule has 8 N–H and O–H groups in total. The Balaban J connectivity index is 0.000000244. The second kappa shape index (κ2) is 21.3. The summed E-state index contributed by atoms with van der Waals surface area (Å²) in [6.07, 6.45) is -0.417. The van der Waals surface area contributed by atoms with E-state index in [0.29, 0.717) is 36.6 Å². The maximum absolute atomic E-state index is 13.4. The molecule has 3 amide bonds. The van der Waals surface area contributed by atoms with Crippen LogP contribution in [-0.2, 0) is 33.2 Å². The number of carboxylic acids is 1. The van der Waals surface area contributed by atoms with Gasteiger partial charge in [0.25, 0.3) is 0 Å². The monoisotopic (exact) mass is 974 g/mol. The van der Waals surface area contributed by atoms with E-state index in [1.54, 1.807) is 81.2 Å². The predicted molar refractivity (Wildman–Crippen MR) is 269 cm³/mol. The topological polar surface area (TPSA) is 239 Å². The SMILES string of the molecule is C.CC(C)(C)OC(=O)N1CCC(N)(C(=O)O)C1.Cn1nc(-c2ccc(F)cc2)c2cc(N)ccc21.Cn1nc(-c2ccc(F)cc2)c2cc(NC(=O)C3(N)CCN(C(=O)OC(C)(C)C)C3)ccc21.P. The summed E-state index contributed by atoms with van der Waals surface area (Å²) in [5, 5.41) is 22.6. The van der Waals surface area contributed by atoms with Gasteiger partial charge in [0, 0.05) is 60.5 Å². The fourth-order valence-electron chi connectivity index (χ4n) is 7.52. The van der Waals surface area contributed by atoms with Gasteiger partial charge >= 0.3 is 18.2 Å². The molecule has 4 aromatic carbocycles. The lowest BCUT2D eigenvalue weighted by molar-refractivity contribution is -0.142. The van der Waals surface area contributed by atoms with Crippen molar-refractivity contribution in [1.29, 1.82) is 0 Å². The molecule has 0 aliphatic carbocycles. The molecule has 4 heterocycles. The van der Waals surface area contributed by atoms with E-state index in [0.717, 1.165) is 38.6 Å². The van der Waals surface area contributed by atoms with E-state index < -0.39 is 40.4 Å². The van der Waals surface area contributed by atoms with Crippen molar-refractivity contribution in [3.05, 3.63) is 96.6 Å². The largest absolute Gasteiger partial charge is 0.480 e. The van der Waals surface area contributed by atoms with Crippen LogP contribution in [-0.4, -0.2) is 107 Å². The van der Waals surface area contributed by atoms with Crippen molar-refractivity contribution < 1.29 is 42.5 Å². The molecule has 2 fully saturated rings. The number of halogens is 2. The Morgan fingerprint density at radius 1 is 0.667 bits per heavy atom. The molecule has 0 saturated carbocycles. The lowest BCUT2D eigenvalue weighted by atomic mass is 9.99. The van der Waals surface area contributed by atoms with E-state index in [-0.39, 0.29) is 54.4 Å². The molecule has 3 atom stereocenters. The zero-order valence-electron chi connectivity index (χ0n) is 39.6. The highest BCUT2D eigenvalue weighted by Gasteiger charge is 2.45. The highest BCUT2D eigenvalue weighted by atomic mass is 31.0. The van der Waals surface area contributed by atoms with Crippen molar-refractivity contribution in [2.24, 2.45) is 25.6 Å². The molecule has 17 nitrogen and oxygen atoms in total. The molecule has 6 aromatic rings. The molecule has 3 unspecified atom stereocenters. The summed E-state index contributed by atoms with van der Waals surface area (Å²) in [6.45, 7) is 11.4. The number of likely N-dealkylation sites (tertiary alicyclic amines) is 2. The second-order valence-corrected chi connectivity index (χ2v) is 18.8. The summed E-state index contributed by atoms with van der Waals surface area (Å²) in [7, 11) is 3.71. The van der Waals surface area contributed by atoms with Crippen LogP contribution in [0.25, 0.3) is 44.3 Å². The molecule has 2 saturated heterocycles. The smallest absolute Gasteiger partial charge is 0.410 e. The Labute approximate surface area is 403 Å². The van der Waals surface area contributed by atoms with Gasteiger partial charge in [0.15, 0.2) is 0 Å². The lowest BCUT2D eigenvalue weighted by Crippen LogP contribution is -2.53. The molecule has 0 radical (unpaired) electrons. The van der Waals surface area contributed by atoms with Crippen LogP contribution in [0.2, 0.25) is 0 Å². The number of benzene rings is 4. The fourth-order valence-corrected chi connectivity index (χ4v) is 7.52. The number of nitrogens with one attached hydrogen (secondary N) is 1. The molecule has 372 valence electrons. The molecular weight excluding hydrogens is 910 g/mol. The number of anilines is 2. The van der Waals surface area contributed by atoms with Crippen LogP contribution >= 0.6 is 9.90 Å². The van der Waals surface area contributed by atoms with Crippen LogP contribution < -0.4 is 22.5 Å². The van der Waals surface area contributed by atoms with Gasteiger partial charge in [-0.2, -0.15) is 20.1 Å². The van der Waals surface area contributed by atoms with Gasteiger partial charge in [-0.25, -0.2) is 18.4 Å². The number of rotatable bonds is 5. The number of aryl methyl sites for hydroxylation is 2. The molecule has 0 spiro atoms. The molecular formula is C49H65F2N10O7P. The molecule has 2 aliphatic rings. The number of nitrogens with two attached hydrogens (primary N) is 3. The Hall–Kier alpha value is -6.69.